The van der Waals surface area contributed by atoms with Crippen LogP contribution in [0.5, 0.6) is 5.75 Å². The van der Waals surface area contributed by atoms with Gasteiger partial charge in [0.05, 0.1) is 0 Å². The van der Waals surface area contributed by atoms with Crippen LogP contribution in [0.2, 0.25) is 0 Å². The average molecular weight is 236 g/mol. The Morgan fingerprint density at radius 2 is 1.69 bits per heavy atom. The lowest BCUT2D eigenvalue weighted by atomic mass is 10.0. The molecule has 16 heavy (non-hydrogen) atoms. The lowest BCUT2D eigenvalue weighted by molar-refractivity contribution is -0.253. The molecule has 0 radical (unpaired) electrons. The maximum absolute atomic E-state index is 12.7. The molecule has 0 bridgehead atoms. The first-order valence-corrected chi connectivity index (χ1v) is 4.78. The van der Waals surface area contributed by atoms with Gasteiger partial charge in [0.25, 0.3) is 0 Å². The fraction of sp³-hybridized carbons (Fsp3) is 0.455. The van der Waals surface area contributed by atoms with Crippen molar-refractivity contribution in [3.05, 3.63) is 29.8 Å². The summed E-state index contributed by atoms with van der Waals surface area (Å²) in [6, 6.07) is 5.93. The molecule has 0 fully saturated rings. The summed E-state index contributed by atoms with van der Waals surface area (Å²) in [5.41, 5.74) is 0.475. The molecule has 1 aromatic rings. The lowest BCUT2D eigenvalue weighted by Gasteiger charge is -2.20. The van der Waals surface area contributed by atoms with Crippen LogP contribution in [-0.2, 0) is 0 Å². The Hall–Kier alpha value is -1.26. The minimum Gasteiger partial charge on any atom is -0.428 e. The summed E-state index contributed by atoms with van der Waals surface area (Å²) in [4.78, 5) is 0. The summed E-state index contributed by atoms with van der Waals surface area (Å²) in [5.74, 6) is -0.285. The molecule has 0 aliphatic heterocycles. The van der Waals surface area contributed by atoms with Gasteiger partial charge in [0.15, 0.2) is 0 Å². The first kappa shape index (κ1) is 12.8. The molecule has 1 aromatic carbocycles. The predicted octanol–water partition coefficient (Wildman–Crippen LogP) is 4.05. The Balaban J connectivity index is 2.97. The van der Waals surface area contributed by atoms with Crippen molar-refractivity contribution < 1.29 is 22.3 Å². The van der Waals surface area contributed by atoms with Gasteiger partial charge < -0.3 is 4.74 Å². The van der Waals surface area contributed by atoms with E-state index >= 15 is 0 Å². The molecule has 1 rings (SSSR count). The summed E-state index contributed by atoms with van der Waals surface area (Å²) in [7, 11) is 0. The van der Waals surface area contributed by atoms with E-state index < -0.39 is 12.5 Å². The smallest absolute Gasteiger partial charge is 0.428 e. The number of hydrogen-bond acceptors (Lipinski definition) is 1. The monoisotopic (exact) mass is 236 g/mol. The largest absolute Gasteiger partial charge is 0.461 e. The van der Waals surface area contributed by atoms with Crippen molar-refractivity contribution in [2.45, 2.75) is 32.3 Å². The quantitative estimate of drug-likeness (QED) is 0.716. The highest BCUT2D eigenvalue weighted by Crippen LogP contribution is 2.32. The number of ether oxygens (including phenoxy) is 1. The highest BCUT2D eigenvalue weighted by atomic mass is 19.3. The van der Waals surface area contributed by atoms with Crippen LogP contribution in [0.3, 0.4) is 0 Å². The molecule has 0 aromatic heterocycles. The van der Waals surface area contributed by atoms with Crippen molar-refractivity contribution in [1.29, 1.82) is 0 Å². The van der Waals surface area contributed by atoms with Crippen LogP contribution in [0.4, 0.5) is 17.6 Å². The van der Waals surface area contributed by atoms with E-state index in [1.807, 2.05) is 0 Å². The molecule has 0 spiro atoms. The van der Waals surface area contributed by atoms with Crippen LogP contribution >= 0.6 is 0 Å². The Bertz CT molecular complexity index is 350. The van der Waals surface area contributed by atoms with Crippen LogP contribution in [-0.4, -0.2) is 12.5 Å². The third kappa shape index (κ3) is 2.87. The van der Waals surface area contributed by atoms with Crippen LogP contribution in [0.25, 0.3) is 0 Å². The van der Waals surface area contributed by atoms with E-state index in [0.717, 1.165) is 0 Å². The highest BCUT2D eigenvalue weighted by molar-refractivity contribution is 5.35. The first-order chi connectivity index (χ1) is 7.34. The Morgan fingerprint density at radius 3 is 2.19 bits per heavy atom. The zero-order valence-electron chi connectivity index (χ0n) is 8.88. The number of alkyl halides is 4. The molecule has 0 N–H and O–H groups in total. The van der Waals surface area contributed by atoms with E-state index in [2.05, 4.69) is 4.74 Å². The van der Waals surface area contributed by atoms with E-state index in [4.69, 9.17) is 0 Å². The predicted molar refractivity (Wildman–Crippen MR) is 52.1 cm³/mol. The SMILES string of the molecule is CC(C)c1ccccc1OC(F)(F)C(F)F. The second kappa shape index (κ2) is 4.72. The number of halogens is 4. The molecule has 0 amide bonds. The van der Waals surface area contributed by atoms with Gasteiger partial charge in [-0.25, -0.2) is 0 Å². The molecule has 0 aliphatic carbocycles. The zero-order valence-corrected chi connectivity index (χ0v) is 8.88. The average Bonchev–Trinajstić information content (AvgIpc) is 2.17. The third-order valence-electron chi connectivity index (χ3n) is 2.04. The van der Waals surface area contributed by atoms with E-state index in [-0.39, 0.29) is 11.7 Å². The molecule has 5 heteroatoms. The molecule has 0 saturated carbocycles. The zero-order chi connectivity index (χ0) is 12.3. The van der Waals surface area contributed by atoms with Crippen LogP contribution in [0, 0.1) is 0 Å². The fourth-order valence-corrected chi connectivity index (χ4v) is 1.24. The number of para-hydroxylation sites is 1. The van der Waals surface area contributed by atoms with Gasteiger partial charge in [-0.2, -0.15) is 17.6 Å². The minimum absolute atomic E-state index is 0.0790. The van der Waals surface area contributed by atoms with E-state index in [9.17, 15) is 17.6 Å². The van der Waals surface area contributed by atoms with Crippen molar-refractivity contribution >= 4 is 0 Å². The number of benzene rings is 1. The fourth-order valence-electron chi connectivity index (χ4n) is 1.24. The maximum Gasteiger partial charge on any atom is 0.461 e. The second-order valence-corrected chi connectivity index (χ2v) is 3.66. The molecule has 0 aliphatic rings. The standard InChI is InChI=1S/C11H12F4O/c1-7(2)8-5-3-4-6-9(8)16-11(14,15)10(12)13/h3-7,10H,1-2H3. The van der Waals surface area contributed by atoms with Gasteiger partial charge in [-0.05, 0) is 17.5 Å². The normalized spacial score (nSPS) is 12.2. The molecule has 0 heterocycles. The van der Waals surface area contributed by atoms with Gasteiger partial charge in [0.1, 0.15) is 5.75 Å². The summed E-state index contributed by atoms with van der Waals surface area (Å²) < 4.78 is 53.4. The second-order valence-electron chi connectivity index (χ2n) is 3.66. The van der Waals surface area contributed by atoms with Gasteiger partial charge in [-0.15, -0.1) is 0 Å². The lowest BCUT2D eigenvalue weighted by Crippen LogP contribution is -2.33. The van der Waals surface area contributed by atoms with Crippen LogP contribution in [0.1, 0.15) is 25.3 Å². The molecule has 1 nitrogen and oxygen atoms in total. The molecular formula is C11H12F4O. The van der Waals surface area contributed by atoms with Crippen molar-refractivity contribution in [3.8, 4) is 5.75 Å². The van der Waals surface area contributed by atoms with Crippen molar-refractivity contribution in [1.82, 2.24) is 0 Å². The van der Waals surface area contributed by atoms with Gasteiger partial charge >= 0.3 is 12.5 Å². The molecule has 90 valence electrons. The summed E-state index contributed by atoms with van der Waals surface area (Å²) in [6.07, 6.45) is -8.29. The molecule has 0 atom stereocenters. The molecular weight excluding hydrogens is 224 g/mol. The third-order valence-corrected chi connectivity index (χ3v) is 2.04. The van der Waals surface area contributed by atoms with Crippen LogP contribution < -0.4 is 4.74 Å². The van der Waals surface area contributed by atoms with Crippen molar-refractivity contribution in [2.24, 2.45) is 0 Å². The Morgan fingerprint density at radius 1 is 1.12 bits per heavy atom. The van der Waals surface area contributed by atoms with Crippen LogP contribution in [0.15, 0.2) is 24.3 Å². The van der Waals surface area contributed by atoms with Crippen molar-refractivity contribution in [2.75, 3.05) is 0 Å². The highest BCUT2D eigenvalue weighted by Gasteiger charge is 2.44. The first-order valence-electron chi connectivity index (χ1n) is 4.78. The van der Waals surface area contributed by atoms with E-state index in [1.54, 1.807) is 26.0 Å². The van der Waals surface area contributed by atoms with E-state index in [1.165, 1.54) is 12.1 Å². The van der Waals surface area contributed by atoms with Gasteiger partial charge in [0, 0.05) is 0 Å². The molecule has 0 unspecified atom stereocenters. The summed E-state index contributed by atoms with van der Waals surface area (Å²) in [5, 5.41) is 0. The number of hydrogen-bond donors (Lipinski definition) is 0. The maximum atomic E-state index is 12.7. The minimum atomic E-state index is -4.45. The van der Waals surface area contributed by atoms with Gasteiger partial charge in [0.2, 0.25) is 0 Å². The van der Waals surface area contributed by atoms with Crippen molar-refractivity contribution in [3.63, 3.8) is 0 Å². The summed E-state index contributed by atoms with van der Waals surface area (Å²) >= 11 is 0. The number of rotatable bonds is 4. The Labute approximate surface area is 91.0 Å². The van der Waals surface area contributed by atoms with E-state index in [0.29, 0.717) is 5.56 Å². The Kier molecular flexibility index (Phi) is 3.78. The van der Waals surface area contributed by atoms with Gasteiger partial charge in [-0.3, -0.25) is 0 Å². The molecule has 0 saturated heterocycles. The topological polar surface area (TPSA) is 9.23 Å². The summed E-state index contributed by atoms with van der Waals surface area (Å²) in [6.45, 7) is 3.53. The van der Waals surface area contributed by atoms with Gasteiger partial charge in [-0.1, -0.05) is 32.0 Å².